The molecule has 1 aliphatic rings. The Morgan fingerprint density at radius 2 is 2.33 bits per heavy atom. The van der Waals surface area contributed by atoms with Crippen molar-refractivity contribution in [3.05, 3.63) is 0 Å². The smallest absolute Gasteiger partial charge is 0.321 e. The van der Waals surface area contributed by atoms with Crippen molar-refractivity contribution >= 4 is 11.9 Å². The molecule has 1 heterocycles. The lowest BCUT2D eigenvalue weighted by Gasteiger charge is -2.21. The van der Waals surface area contributed by atoms with Gasteiger partial charge in [-0.15, -0.1) is 0 Å². The summed E-state index contributed by atoms with van der Waals surface area (Å²) in [5, 5.41) is 2.64. The van der Waals surface area contributed by atoms with Crippen molar-refractivity contribution in [3.8, 4) is 0 Å². The van der Waals surface area contributed by atoms with E-state index >= 15 is 0 Å². The summed E-state index contributed by atoms with van der Waals surface area (Å²) in [5.74, 6) is -0.690. The van der Waals surface area contributed by atoms with E-state index in [1.807, 2.05) is 6.92 Å². The van der Waals surface area contributed by atoms with Crippen molar-refractivity contribution in [2.75, 3.05) is 13.7 Å². The van der Waals surface area contributed by atoms with Crippen molar-refractivity contribution in [2.24, 2.45) is 11.3 Å². The maximum Gasteiger partial charge on any atom is 0.321 e. The SMILES string of the molecule is COC(=O)C1(C)C(=O)NCC1C. The fourth-order valence-electron chi connectivity index (χ4n) is 1.36. The molecule has 0 aromatic heterocycles. The molecule has 4 heteroatoms. The van der Waals surface area contributed by atoms with Gasteiger partial charge in [0.2, 0.25) is 5.91 Å². The number of nitrogens with one attached hydrogen (secondary N) is 1. The van der Waals surface area contributed by atoms with Crippen molar-refractivity contribution in [2.45, 2.75) is 13.8 Å². The lowest BCUT2D eigenvalue weighted by molar-refractivity contribution is -0.157. The van der Waals surface area contributed by atoms with Gasteiger partial charge >= 0.3 is 5.97 Å². The molecule has 1 saturated heterocycles. The van der Waals surface area contributed by atoms with Crippen LogP contribution in [-0.2, 0) is 14.3 Å². The van der Waals surface area contributed by atoms with Gasteiger partial charge in [-0.1, -0.05) is 6.92 Å². The molecule has 0 spiro atoms. The summed E-state index contributed by atoms with van der Waals surface area (Å²) in [7, 11) is 1.30. The number of amides is 1. The zero-order valence-electron chi connectivity index (χ0n) is 7.51. The first-order valence-corrected chi connectivity index (χ1v) is 3.90. The van der Waals surface area contributed by atoms with Gasteiger partial charge in [0.15, 0.2) is 0 Å². The van der Waals surface area contributed by atoms with E-state index in [1.54, 1.807) is 6.92 Å². The second kappa shape index (κ2) is 2.77. The van der Waals surface area contributed by atoms with Gasteiger partial charge < -0.3 is 10.1 Å². The van der Waals surface area contributed by atoms with Crippen LogP contribution in [0.15, 0.2) is 0 Å². The Labute approximate surface area is 71.3 Å². The second-order valence-corrected chi connectivity index (χ2v) is 3.31. The zero-order chi connectivity index (χ0) is 9.35. The molecule has 0 radical (unpaired) electrons. The van der Waals surface area contributed by atoms with Crippen molar-refractivity contribution in [1.82, 2.24) is 5.32 Å². The van der Waals surface area contributed by atoms with Crippen LogP contribution in [-0.4, -0.2) is 25.5 Å². The molecule has 2 atom stereocenters. The highest BCUT2D eigenvalue weighted by atomic mass is 16.5. The van der Waals surface area contributed by atoms with Crippen LogP contribution < -0.4 is 5.32 Å². The molecule has 0 saturated carbocycles. The fourth-order valence-corrected chi connectivity index (χ4v) is 1.36. The van der Waals surface area contributed by atoms with Crippen LogP contribution in [0.5, 0.6) is 0 Å². The van der Waals surface area contributed by atoms with E-state index in [1.165, 1.54) is 7.11 Å². The molecule has 0 aromatic rings. The molecule has 1 fully saturated rings. The molecular formula is C8H13NO3. The predicted molar refractivity (Wildman–Crippen MR) is 42.3 cm³/mol. The summed E-state index contributed by atoms with van der Waals surface area (Å²) in [6.45, 7) is 4.02. The summed E-state index contributed by atoms with van der Waals surface area (Å²) in [4.78, 5) is 22.6. The Bertz CT molecular complexity index is 226. The first-order chi connectivity index (χ1) is 5.53. The van der Waals surface area contributed by atoms with Gasteiger partial charge in [0, 0.05) is 6.54 Å². The lowest BCUT2D eigenvalue weighted by Crippen LogP contribution is -2.40. The maximum absolute atomic E-state index is 11.3. The Hall–Kier alpha value is -1.06. The number of carbonyl (C=O) groups excluding carboxylic acids is 2. The molecule has 1 aliphatic heterocycles. The Kier molecular flexibility index (Phi) is 2.08. The number of esters is 1. The van der Waals surface area contributed by atoms with E-state index in [0.29, 0.717) is 6.54 Å². The second-order valence-electron chi connectivity index (χ2n) is 3.31. The van der Waals surface area contributed by atoms with Crippen LogP contribution in [0.2, 0.25) is 0 Å². The number of carbonyl (C=O) groups is 2. The van der Waals surface area contributed by atoms with Crippen molar-refractivity contribution < 1.29 is 14.3 Å². The van der Waals surface area contributed by atoms with Gasteiger partial charge in [-0.05, 0) is 12.8 Å². The molecule has 1 N–H and O–H groups in total. The van der Waals surface area contributed by atoms with Crippen LogP contribution in [0.1, 0.15) is 13.8 Å². The molecule has 2 unspecified atom stereocenters. The normalized spacial score (nSPS) is 34.6. The first kappa shape index (κ1) is 9.03. The van der Waals surface area contributed by atoms with Crippen LogP contribution in [0.4, 0.5) is 0 Å². The van der Waals surface area contributed by atoms with Crippen LogP contribution in [0, 0.1) is 11.3 Å². The highest BCUT2D eigenvalue weighted by Crippen LogP contribution is 2.32. The molecule has 1 rings (SSSR count). The van der Waals surface area contributed by atoms with E-state index in [2.05, 4.69) is 10.1 Å². The first-order valence-electron chi connectivity index (χ1n) is 3.90. The summed E-state index contributed by atoms with van der Waals surface area (Å²) < 4.78 is 4.58. The minimum atomic E-state index is -0.991. The molecule has 0 aromatic carbocycles. The van der Waals surface area contributed by atoms with Crippen LogP contribution >= 0.6 is 0 Å². The molecular weight excluding hydrogens is 158 g/mol. The quantitative estimate of drug-likeness (QED) is 0.444. The van der Waals surface area contributed by atoms with E-state index < -0.39 is 11.4 Å². The summed E-state index contributed by atoms with van der Waals surface area (Å²) >= 11 is 0. The third kappa shape index (κ3) is 0.983. The van der Waals surface area contributed by atoms with Crippen molar-refractivity contribution in [1.29, 1.82) is 0 Å². The average Bonchev–Trinajstić information content (AvgIpc) is 2.32. The van der Waals surface area contributed by atoms with Crippen molar-refractivity contribution in [3.63, 3.8) is 0 Å². The monoisotopic (exact) mass is 171 g/mol. The Morgan fingerprint density at radius 1 is 1.75 bits per heavy atom. The minimum Gasteiger partial charge on any atom is -0.468 e. The topological polar surface area (TPSA) is 55.4 Å². The minimum absolute atomic E-state index is 0.00236. The van der Waals surface area contributed by atoms with Gasteiger partial charge in [0.1, 0.15) is 5.41 Å². The molecule has 0 bridgehead atoms. The maximum atomic E-state index is 11.3. The predicted octanol–water partition coefficient (Wildman–Crippen LogP) is -0.0684. The van der Waals surface area contributed by atoms with Crippen LogP contribution in [0.3, 0.4) is 0 Å². The lowest BCUT2D eigenvalue weighted by atomic mass is 9.80. The molecule has 68 valence electrons. The standard InChI is InChI=1S/C8H13NO3/c1-5-4-9-6(10)8(5,2)7(11)12-3/h5H,4H2,1-3H3,(H,9,10). The van der Waals surface area contributed by atoms with Gasteiger partial charge in [-0.3, -0.25) is 9.59 Å². The Morgan fingerprint density at radius 3 is 2.67 bits per heavy atom. The molecule has 0 aliphatic carbocycles. The third-order valence-electron chi connectivity index (χ3n) is 2.64. The number of rotatable bonds is 1. The number of hydrogen-bond donors (Lipinski definition) is 1. The molecule has 1 amide bonds. The average molecular weight is 171 g/mol. The summed E-state index contributed by atoms with van der Waals surface area (Å²) in [6.07, 6.45) is 0. The number of hydrogen-bond acceptors (Lipinski definition) is 3. The van der Waals surface area contributed by atoms with E-state index in [-0.39, 0.29) is 11.8 Å². The fraction of sp³-hybridized carbons (Fsp3) is 0.750. The van der Waals surface area contributed by atoms with Gasteiger partial charge in [-0.25, -0.2) is 0 Å². The molecule has 4 nitrogen and oxygen atoms in total. The number of methoxy groups -OCH3 is 1. The van der Waals surface area contributed by atoms with E-state index in [9.17, 15) is 9.59 Å². The van der Waals surface area contributed by atoms with E-state index in [0.717, 1.165) is 0 Å². The highest BCUT2D eigenvalue weighted by Gasteiger charge is 2.51. The van der Waals surface area contributed by atoms with Gasteiger partial charge in [-0.2, -0.15) is 0 Å². The van der Waals surface area contributed by atoms with Gasteiger partial charge in [0.05, 0.1) is 7.11 Å². The molecule has 12 heavy (non-hydrogen) atoms. The zero-order valence-corrected chi connectivity index (χ0v) is 7.51. The summed E-state index contributed by atoms with van der Waals surface area (Å²) in [5.41, 5.74) is -0.991. The van der Waals surface area contributed by atoms with Gasteiger partial charge in [0.25, 0.3) is 0 Å². The largest absolute Gasteiger partial charge is 0.468 e. The van der Waals surface area contributed by atoms with E-state index in [4.69, 9.17) is 0 Å². The third-order valence-corrected chi connectivity index (χ3v) is 2.64. The number of ether oxygens (including phenoxy) is 1. The van der Waals surface area contributed by atoms with Crippen LogP contribution in [0.25, 0.3) is 0 Å². The summed E-state index contributed by atoms with van der Waals surface area (Å²) in [6, 6.07) is 0. The Balaban J connectivity index is 2.94. The highest BCUT2D eigenvalue weighted by molar-refractivity contribution is 6.04.